The van der Waals surface area contributed by atoms with Crippen LogP contribution in [0, 0.1) is 5.92 Å². The van der Waals surface area contributed by atoms with Crippen molar-refractivity contribution < 1.29 is 47.5 Å². The van der Waals surface area contributed by atoms with Crippen LogP contribution in [0.5, 0.6) is 11.5 Å². The van der Waals surface area contributed by atoms with E-state index in [2.05, 4.69) is 17.2 Å². The molecule has 1 N–H and O–H groups in total. The van der Waals surface area contributed by atoms with Crippen molar-refractivity contribution in [2.75, 3.05) is 46.9 Å². The Bertz CT molecular complexity index is 1300. The number of aromatic nitrogens is 1. The molecule has 3 rings (SSSR count). The number of cyclic esters (lactones) is 1. The third kappa shape index (κ3) is 11.3. The molecule has 0 radical (unpaired) electrons. The summed E-state index contributed by atoms with van der Waals surface area (Å²) in [7, 11) is 1.38. The Hall–Kier alpha value is -3.16. The third-order valence-electron chi connectivity index (χ3n) is 7.14. The molecule has 12 nitrogen and oxygen atoms in total. The molecule has 1 aromatic heterocycles. The highest BCUT2D eigenvalue weighted by atomic mass is 35.5. The number of carbonyl (C=O) groups excluding carboxylic acids is 3. The van der Waals surface area contributed by atoms with Gasteiger partial charge in [-0.05, 0) is 44.4 Å². The van der Waals surface area contributed by atoms with Gasteiger partial charge in [-0.2, -0.15) is 0 Å². The van der Waals surface area contributed by atoms with E-state index in [4.69, 9.17) is 56.4 Å². The van der Waals surface area contributed by atoms with Gasteiger partial charge in [0.2, 0.25) is 6.79 Å². The lowest BCUT2D eigenvalue weighted by atomic mass is 9.91. The molecule has 1 aliphatic rings. The number of nitrogens with one attached hydrogen (secondary N) is 1. The van der Waals surface area contributed by atoms with Crippen molar-refractivity contribution in [2.24, 2.45) is 5.92 Å². The van der Waals surface area contributed by atoms with Crippen molar-refractivity contribution in [1.29, 1.82) is 0 Å². The molecule has 1 fully saturated rings. The van der Waals surface area contributed by atoms with Crippen LogP contribution < -0.4 is 14.8 Å². The molecule has 0 bridgehead atoms. The number of rotatable bonds is 16. The fraction of sp³-hybridized carbons (Fsp3) is 0.562. The van der Waals surface area contributed by atoms with Crippen LogP contribution in [0.3, 0.4) is 0 Å². The van der Waals surface area contributed by atoms with E-state index in [1.807, 2.05) is 6.07 Å². The number of esters is 2. The van der Waals surface area contributed by atoms with E-state index >= 15 is 0 Å². The molecule has 254 valence electrons. The fourth-order valence-corrected chi connectivity index (χ4v) is 5.29. The number of halogens is 2. The van der Waals surface area contributed by atoms with Gasteiger partial charge in [-0.3, -0.25) is 4.79 Å². The topological polar surface area (TPSA) is 141 Å². The van der Waals surface area contributed by atoms with Gasteiger partial charge in [-0.1, -0.05) is 49.0 Å². The van der Waals surface area contributed by atoms with Gasteiger partial charge in [0.05, 0.1) is 26.4 Å². The number of benzene rings is 1. The van der Waals surface area contributed by atoms with Gasteiger partial charge >= 0.3 is 11.9 Å². The summed E-state index contributed by atoms with van der Waals surface area (Å²) < 4.78 is 39.0. The molecule has 0 saturated carbocycles. The maximum Gasteiger partial charge on any atom is 0.334 e. The zero-order chi connectivity index (χ0) is 33.5. The number of ether oxygens (including phenoxy) is 7. The predicted octanol–water partition coefficient (Wildman–Crippen LogP) is 4.81. The molecule has 1 amide bonds. The average Bonchev–Trinajstić information content (AvgIpc) is 3.08. The summed E-state index contributed by atoms with van der Waals surface area (Å²) in [5, 5.41) is 3.67. The van der Waals surface area contributed by atoms with Crippen molar-refractivity contribution in [3.63, 3.8) is 0 Å². The highest BCUT2D eigenvalue weighted by molar-refractivity contribution is 6.35. The molecule has 0 spiro atoms. The first kappa shape index (κ1) is 37.3. The van der Waals surface area contributed by atoms with Crippen LogP contribution in [0.4, 0.5) is 0 Å². The SMILES string of the molecule is CCCCCOC1C(Cc2ccc(Cl)cc2Cl)COCC(NC(=O)c2nccc(OC)c2OCOC(=O)COCC)C(=O)OC1C. The minimum absolute atomic E-state index is 0.0853. The minimum atomic E-state index is -1.18. The van der Waals surface area contributed by atoms with Crippen LogP contribution in [0.1, 0.15) is 56.1 Å². The summed E-state index contributed by atoms with van der Waals surface area (Å²) in [6.45, 7) is 5.66. The van der Waals surface area contributed by atoms with Gasteiger partial charge in [0, 0.05) is 41.4 Å². The molecule has 4 unspecified atom stereocenters. The summed E-state index contributed by atoms with van der Waals surface area (Å²) in [5.41, 5.74) is 0.651. The van der Waals surface area contributed by atoms with Crippen LogP contribution in [-0.4, -0.2) is 88.0 Å². The molecule has 2 heterocycles. The molecule has 4 atom stereocenters. The highest BCUT2D eigenvalue weighted by Crippen LogP contribution is 2.30. The Labute approximate surface area is 279 Å². The number of methoxy groups -OCH3 is 1. The second kappa shape index (κ2) is 19.5. The second-order valence-electron chi connectivity index (χ2n) is 10.6. The normalized spacial score (nSPS) is 20.1. The Morgan fingerprint density at radius 3 is 2.65 bits per heavy atom. The second-order valence-corrected chi connectivity index (χ2v) is 11.4. The van der Waals surface area contributed by atoms with Crippen LogP contribution in [0.15, 0.2) is 30.5 Å². The van der Waals surface area contributed by atoms with Gasteiger partial charge in [-0.15, -0.1) is 0 Å². The number of nitrogens with zero attached hydrogens (tertiary/aromatic N) is 1. The molecule has 0 aliphatic carbocycles. The van der Waals surface area contributed by atoms with E-state index in [0.29, 0.717) is 29.7 Å². The van der Waals surface area contributed by atoms with Gasteiger partial charge in [-0.25, -0.2) is 14.6 Å². The zero-order valence-corrected chi connectivity index (χ0v) is 28.1. The maximum atomic E-state index is 13.4. The fourth-order valence-electron chi connectivity index (χ4n) is 4.80. The molecular weight excluding hydrogens is 643 g/mol. The van der Waals surface area contributed by atoms with E-state index in [-0.39, 0.29) is 42.9 Å². The Balaban J connectivity index is 1.77. The van der Waals surface area contributed by atoms with Crippen molar-refractivity contribution in [3.8, 4) is 11.5 Å². The van der Waals surface area contributed by atoms with E-state index in [0.717, 1.165) is 24.8 Å². The Kier molecular flexibility index (Phi) is 15.8. The molecule has 46 heavy (non-hydrogen) atoms. The number of hydrogen-bond acceptors (Lipinski definition) is 11. The van der Waals surface area contributed by atoms with E-state index in [9.17, 15) is 14.4 Å². The van der Waals surface area contributed by atoms with E-state index in [1.54, 1.807) is 26.0 Å². The quantitative estimate of drug-likeness (QED) is 0.148. The first-order chi connectivity index (χ1) is 22.2. The van der Waals surface area contributed by atoms with Gasteiger partial charge in [0.25, 0.3) is 5.91 Å². The molecular formula is C32H42Cl2N2O10. The smallest absolute Gasteiger partial charge is 0.334 e. The van der Waals surface area contributed by atoms with E-state index in [1.165, 1.54) is 19.4 Å². The molecule has 1 aromatic carbocycles. The van der Waals surface area contributed by atoms with Gasteiger partial charge in [0.15, 0.2) is 23.2 Å². The Morgan fingerprint density at radius 1 is 1.13 bits per heavy atom. The lowest BCUT2D eigenvalue weighted by molar-refractivity contribution is -0.160. The summed E-state index contributed by atoms with van der Waals surface area (Å²) in [6.07, 6.45) is 3.52. The number of carbonyl (C=O) groups is 3. The zero-order valence-electron chi connectivity index (χ0n) is 26.6. The number of pyridine rings is 1. The Morgan fingerprint density at radius 2 is 1.93 bits per heavy atom. The lowest BCUT2D eigenvalue weighted by Gasteiger charge is -2.31. The van der Waals surface area contributed by atoms with Crippen molar-refractivity contribution in [1.82, 2.24) is 10.3 Å². The number of unbranched alkanes of at least 4 members (excludes halogenated alkanes) is 2. The van der Waals surface area contributed by atoms with Crippen LogP contribution >= 0.6 is 23.2 Å². The molecule has 14 heteroatoms. The predicted molar refractivity (Wildman–Crippen MR) is 169 cm³/mol. The molecule has 2 aromatic rings. The standard InChI is InChI=1S/C32H42Cl2N2O10/c1-5-7-8-13-43-29-20(3)46-32(39)25(17-42-16-22(29)14-21-9-10-23(33)15-24(21)34)36-31(38)28-30(26(40-4)11-12-35-28)45-19-44-27(37)18-41-6-2/h9-12,15,20,22,25,29H,5-8,13-14,16-19H2,1-4H3,(H,36,38). The molecule has 1 saturated heterocycles. The maximum absolute atomic E-state index is 13.4. The lowest BCUT2D eigenvalue weighted by Crippen LogP contribution is -2.46. The summed E-state index contributed by atoms with van der Waals surface area (Å²) in [5.74, 6) is -2.28. The third-order valence-corrected chi connectivity index (χ3v) is 7.73. The monoisotopic (exact) mass is 684 g/mol. The summed E-state index contributed by atoms with van der Waals surface area (Å²) in [6, 6.07) is 5.59. The number of hydrogen-bond donors (Lipinski definition) is 1. The van der Waals surface area contributed by atoms with Crippen LogP contribution in [-0.2, 0) is 39.7 Å². The first-order valence-corrected chi connectivity index (χ1v) is 16.0. The van der Waals surface area contributed by atoms with Crippen LogP contribution in [0.2, 0.25) is 10.0 Å². The van der Waals surface area contributed by atoms with Crippen molar-refractivity contribution in [3.05, 3.63) is 51.8 Å². The van der Waals surface area contributed by atoms with E-state index < -0.39 is 42.9 Å². The van der Waals surface area contributed by atoms with Gasteiger partial charge < -0.3 is 38.5 Å². The van der Waals surface area contributed by atoms with Gasteiger partial charge in [0.1, 0.15) is 12.7 Å². The first-order valence-electron chi connectivity index (χ1n) is 15.2. The summed E-state index contributed by atoms with van der Waals surface area (Å²) >= 11 is 12.6. The largest absolute Gasteiger partial charge is 0.493 e. The molecule has 1 aliphatic heterocycles. The minimum Gasteiger partial charge on any atom is -0.493 e. The van der Waals surface area contributed by atoms with Crippen molar-refractivity contribution in [2.45, 2.75) is 64.7 Å². The summed E-state index contributed by atoms with van der Waals surface area (Å²) in [4.78, 5) is 42.7. The number of amides is 1. The average molecular weight is 686 g/mol. The van der Waals surface area contributed by atoms with Crippen molar-refractivity contribution >= 4 is 41.0 Å². The van der Waals surface area contributed by atoms with Crippen LogP contribution in [0.25, 0.3) is 0 Å². The highest BCUT2D eigenvalue weighted by Gasteiger charge is 2.36.